The molecule has 0 bridgehead atoms. The van der Waals surface area contributed by atoms with Crippen molar-refractivity contribution in [3.63, 3.8) is 0 Å². The maximum Gasteiger partial charge on any atom is 0.272 e. The Hall–Kier alpha value is -1.26. The second-order valence-corrected chi connectivity index (χ2v) is 7.76. The summed E-state index contributed by atoms with van der Waals surface area (Å²) in [4.78, 5) is 19.0. The van der Waals surface area contributed by atoms with E-state index in [1.807, 2.05) is 40.9 Å². The minimum Gasteiger partial charge on any atom is -0.335 e. The van der Waals surface area contributed by atoms with Crippen LogP contribution < -0.4 is 0 Å². The van der Waals surface area contributed by atoms with Gasteiger partial charge in [-0.25, -0.2) is 4.98 Å². The molecule has 3 nitrogen and oxygen atoms in total. The van der Waals surface area contributed by atoms with Gasteiger partial charge in [-0.2, -0.15) is 11.8 Å². The maximum atomic E-state index is 12.7. The van der Waals surface area contributed by atoms with Gasteiger partial charge in [0, 0.05) is 29.0 Å². The molecule has 1 aromatic carbocycles. The third kappa shape index (κ3) is 3.01. The minimum atomic E-state index is -0.0262. The van der Waals surface area contributed by atoms with Crippen LogP contribution in [0.2, 0.25) is 5.02 Å². The molecule has 2 unspecified atom stereocenters. The van der Waals surface area contributed by atoms with Crippen molar-refractivity contribution in [2.45, 2.75) is 24.3 Å². The van der Waals surface area contributed by atoms with Crippen molar-refractivity contribution >= 4 is 40.2 Å². The fourth-order valence-electron chi connectivity index (χ4n) is 2.75. The van der Waals surface area contributed by atoms with Gasteiger partial charge in [0.25, 0.3) is 5.91 Å². The molecule has 1 fully saturated rings. The second kappa shape index (κ2) is 5.85. The molecule has 1 aliphatic rings. The Labute approximate surface area is 133 Å². The summed E-state index contributed by atoms with van der Waals surface area (Å²) in [7, 11) is 0. The first kappa shape index (κ1) is 14.7. The maximum absolute atomic E-state index is 12.7. The molecule has 0 saturated carbocycles. The summed E-state index contributed by atoms with van der Waals surface area (Å²) in [5, 5.41) is 2.37. The lowest BCUT2D eigenvalue weighted by Gasteiger charge is -2.34. The van der Waals surface area contributed by atoms with Crippen molar-refractivity contribution < 1.29 is 4.79 Å². The number of aromatic nitrogens is 1. The van der Waals surface area contributed by atoms with Crippen LogP contribution in [0, 0.1) is 0 Å². The van der Waals surface area contributed by atoms with Crippen molar-refractivity contribution in [3.8, 4) is 0 Å². The Morgan fingerprint density at radius 2 is 1.95 bits per heavy atom. The van der Waals surface area contributed by atoms with Crippen molar-refractivity contribution in [1.29, 1.82) is 0 Å². The average Bonchev–Trinajstić information content (AvgIpc) is 2.45. The van der Waals surface area contributed by atoms with Gasteiger partial charge in [0.1, 0.15) is 5.69 Å². The first-order valence-electron chi connectivity index (χ1n) is 7.04. The normalized spacial score (nSPS) is 22.5. The summed E-state index contributed by atoms with van der Waals surface area (Å²) in [6, 6.07) is 9.31. The predicted molar refractivity (Wildman–Crippen MR) is 89.2 cm³/mol. The number of thioether (sulfide) groups is 1. The largest absolute Gasteiger partial charge is 0.335 e. The van der Waals surface area contributed by atoms with Gasteiger partial charge in [-0.15, -0.1) is 0 Å². The molecule has 21 heavy (non-hydrogen) atoms. The number of rotatable bonds is 1. The Morgan fingerprint density at radius 3 is 2.67 bits per heavy atom. The van der Waals surface area contributed by atoms with E-state index in [9.17, 15) is 4.79 Å². The molecule has 0 spiro atoms. The standard InChI is InChI=1S/C16H17ClN2OS/c1-10-8-19(9-11(2)21-10)16(20)15-7-13(17)12-5-3-4-6-14(12)18-15/h3-7,10-11H,8-9H2,1-2H3. The van der Waals surface area contributed by atoms with Crippen LogP contribution in [-0.2, 0) is 0 Å². The van der Waals surface area contributed by atoms with E-state index in [4.69, 9.17) is 11.6 Å². The molecule has 0 N–H and O–H groups in total. The highest BCUT2D eigenvalue weighted by atomic mass is 35.5. The van der Waals surface area contributed by atoms with Gasteiger partial charge in [-0.05, 0) is 12.1 Å². The molecule has 2 aromatic rings. The lowest BCUT2D eigenvalue weighted by Crippen LogP contribution is -2.44. The van der Waals surface area contributed by atoms with Crippen LogP contribution in [0.25, 0.3) is 10.9 Å². The van der Waals surface area contributed by atoms with Crippen LogP contribution in [-0.4, -0.2) is 39.4 Å². The molecule has 1 aromatic heterocycles. The molecule has 1 amide bonds. The quantitative estimate of drug-likeness (QED) is 0.800. The highest BCUT2D eigenvalue weighted by Crippen LogP contribution is 2.27. The van der Waals surface area contributed by atoms with Crippen LogP contribution in [0.1, 0.15) is 24.3 Å². The van der Waals surface area contributed by atoms with Gasteiger partial charge in [0.05, 0.1) is 10.5 Å². The molecule has 110 valence electrons. The van der Waals surface area contributed by atoms with Crippen molar-refractivity contribution in [1.82, 2.24) is 9.88 Å². The molecule has 1 aliphatic heterocycles. The molecule has 2 heterocycles. The van der Waals surface area contributed by atoms with Crippen molar-refractivity contribution in [3.05, 3.63) is 41.0 Å². The Morgan fingerprint density at radius 1 is 1.29 bits per heavy atom. The SMILES string of the molecule is CC1CN(C(=O)c2cc(Cl)c3ccccc3n2)CC(C)S1. The highest BCUT2D eigenvalue weighted by molar-refractivity contribution is 8.00. The minimum absolute atomic E-state index is 0.0262. The number of halogens is 1. The van der Waals surface area contributed by atoms with E-state index in [2.05, 4.69) is 18.8 Å². The number of fused-ring (bicyclic) bond motifs is 1. The summed E-state index contributed by atoms with van der Waals surface area (Å²) in [5.74, 6) is -0.0262. The second-order valence-electron chi connectivity index (χ2n) is 5.47. The van der Waals surface area contributed by atoms with Crippen LogP contribution in [0.3, 0.4) is 0 Å². The number of nitrogens with zero attached hydrogens (tertiary/aromatic N) is 2. The number of hydrogen-bond donors (Lipinski definition) is 0. The number of para-hydroxylation sites is 1. The number of amides is 1. The van der Waals surface area contributed by atoms with Crippen molar-refractivity contribution in [2.75, 3.05) is 13.1 Å². The summed E-state index contributed by atoms with van der Waals surface area (Å²) in [6.45, 7) is 5.84. The van der Waals surface area contributed by atoms with Crippen LogP contribution in [0.4, 0.5) is 0 Å². The van der Waals surface area contributed by atoms with Crippen LogP contribution in [0.15, 0.2) is 30.3 Å². The van der Waals surface area contributed by atoms with E-state index >= 15 is 0 Å². The first-order chi connectivity index (χ1) is 10.0. The third-order valence-electron chi connectivity index (χ3n) is 3.59. The Bertz CT molecular complexity index is 681. The molecule has 3 rings (SSSR count). The zero-order valence-corrected chi connectivity index (χ0v) is 13.6. The van der Waals surface area contributed by atoms with Crippen LogP contribution in [0.5, 0.6) is 0 Å². The molecule has 2 atom stereocenters. The van der Waals surface area contributed by atoms with Gasteiger partial charge in [0.15, 0.2) is 0 Å². The number of carbonyl (C=O) groups is 1. The first-order valence-corrected chi connectivity index (χ1v) is 8.36. The summed E-state index contributed by atoms with van der Waals surface area (Å²) >= 11 is 8.21. The Balaban J connectivity index is 1.94. The average molecular weight is 321 g/mol. The summed E-state index contributed by atoms with van der Waals surface area (Å²) in [5.41, 5.74) is 1.20. The summed E-state index contributed by atoms with van der Waals surface area (Å²) < 4.78 is 0. The molecule has 5 heteroatoms. The number of carbonyl (C=O) groups excluding carboxylic acids is 1. The van der Waals surface area contributed by atoms with E-state index in [1.165, 1.54) is 0 Å². The lowest BCUT2D eigenvalue weighted by atomic mass is 10.2. The topological polar surface area (TPSA) is 33.2 Å². The van der Waals surface area contributed by atoms with Gasteiger partial charge >= 0.3 is 0 Å². The predicted octanol–water partition coefficient (Wildman–Crippen LogP) is 3.85. The van der Waals surface area contributed by atoms with E-state index in [-0.39, 0.29) is 5.91 Å². The fraction of sp³-hybridized carbons (Fsp3) is 0.375. The molecular formula is C16H17ClN2OS. The number of hydrogen-bond acceptors (Lipinski definition) is 3. The van der Waals surface area contributed by atoms with Crippen LogP contribution >= 0.6 is 23.4 Å². The molecular weight excluding hydrogens is 304 g/mol. The zero-order valence-electron chi connectivity index (χ0n) is 12.0. The van der Waals surface area contributed by atoms with Crippen molar-refractivity contribution in [2.24, 2.45) is 0 Å². The van der Waals surface area contributed by atoms with Gasteiger partial charge < -0.3 is 4.90 Å². The molecule has 0 radical (unpaired) electrons. The van der Waals surface area contributed by atoms with E-state index in [0.717, 1.165) is 24.0 Å². The van der Waals surface area contributed by atoms with E-state index < -0.39 is 0 Å². The third-order valence-corrected chi connectivity index (χ3v) is 5.13. The van der Waals surface area contributed by atoms with Gasteiger partial charge in [-0.3, -0.25) is 4.79 Å². The molecule has 0 aliphatic carbocycles. The lowest BCUT2D eigenvalue weighted by molar-refractivity contribution is 0.0748. The number of benzene rings is 1. The fourth-order valence-corrected chi connectivity index (χ4v) is 4.34. The summed E-state index contributed by atoms with van der Waals surface area (Å²) in [6.07, 6.45) is 0. The number of pyridine rings is 1. The monoisotopic (exact) mass is 320 g/mol. The highest BCUT2D eigenvalue weighted by Gasteiger charge is 2.27. The van der Waals surface area contributed by atoms with E-state index in [0.29, 0.717) is 21.2 Å². The zero-order chi connectivity index (χ0) is 15.0. The van der Waals surface area contributed by atoms with Gasteiger partial charge in [-0.1, -0.05) is 43.6 Å². The van der Waals surface area contributed by atoms with E-state index in [1.54, 1.807) is 6.07 Å². The molecule has 1 saturated heterocycles. The Kier molecular flexibility index (Phi) is 4.09. The van der Waals surface area contributed by atoms with Gasteiger partial charge in [0.2, 0.25) is 0 Å². The smallest absolute Gasteiger partial charge is 0.272 e.